The van der Waals surface area contributed by atoms with E-state index in [1.807, 2.05) is 0 Å². The van der Waals surface area contributed by atoms with Crippen LogP contribution in [0.3, 0.4) is 0 Å². The maximum atomic E-state index is 9.16. The molecule has 1 rings (SSSR count). The van der Waals surface area contributed by atoms with Crippen LogP contribution < -0.4 is 0 Å². The van der Waals surface area contributed by atoms with E-state index >= 15 is 0 Å². The van der Waals surface area contributed by atoms with E-state index in [2.05, 4.69) is 0 Å². The van der Waals surface area contributed by atoms with Gasteiger partial charge in [0.15, 0.2) is 6.29 Å². The molecular formula is C7H14O5. The Morgan fingerprint density at radius 1 is 1.33 bits per heavy atom. The van der Waals surface area contributed by atoms with Crippen LogP contribution in [0.2, 0.25) is 0 Å². The fourth-order valence-electron chi connectivity index (χ4n) is 1.28. The summed E-state index contributed by atoms with van der Waals surface area (Å²) < 4.78 is 4.89. The van der Waals surface area contributed by atoms with Crippen molar-refractivity contribution in [2.75, 3.05) is 6.61 Å². The SMILES string of the molecule is OC[C@@H](O)[C@@H]1C[C@@H](O)C[C@H](O)O1. The van der Waals surface area contributed by atoms with Crippen molar-refractivity contribution >= 4 is 0 Å². The van der Waals surface area contributed by atoms with Crippen molar-refractivity contribution in [3.63, 3.8) is 0 Å². The van der Waals surface area contributed by atoms with E-state index in [9.17, 15) is 0 Å². The smallest absolute Gasteiger partial charge is 0.157 e. The minimum atomic E-state index is -1.04. The van der Waals surface area contributed by atoms with Gasteiger partial charge in [-0.2, -0.15) is 0 Å². The van der Waals surface area contributed by atoms with E-state index in [0.29, 0.717) is 0 Å². The van der Waals surface area contributed by atoms with Gasteiger partial charge in [-0.1, -0.05) is 0 Å². The first-order chi connectivity index (χ1) is 5.63. The molecule has 1 aliphatic heterocycles. The molecule has 5 nitrogen and oxygen atoms in total. The average Bonchev–Trinajstić information content (AvgIpc) is 2.01. The average molecular weight is 178 g/mol. The molecule has 1 saturated heterocycles. The van der Waals surface area contributed by atoms with Gasteiger partial charge in [-0.25, -0.2) is 0 Å². The van der Waals surface area contributed by atoms with Gasteiger partial charge in [-0.15, -0.1) is 0 Å². The number of rotatable bonds is 2. The summed E-state index contributed by atoms with van der Waals surface area (Å²) in [4.78, 5) is 0. The molecule has 1 heterocycles. The maximum absolute atomic E-state index is 9.16. The van der Waals surface area contributed by atoms with Crippen molar-refractivity contribution < 1.29 is 25.2 Å². The molecule has 0 aliphatic carbocycles. The van der Waals surface area contributed by atoms with Crippen LogP contribution >= 0.6 is 0 Å². The van der Waals surface area contributed by atoms with Gasteiger partial charge in [-0.05, 0) is 0 Å². The summed E-state index contributed by atoms with van der Waals surface area (Å²) in [5.74, 6) is 0. The second-order valence-electron chi connectivity index (χ2n) is 3.00. The van der Waals surface area contributed by atoms with Crippen LogP contribution in [0, 0.1) is 0 Å². The van der Waals surface area contributed by atoms with Crippen molar-refractivity contribution in [2.24, 2.45) is 0 Å². The van der Waals surface area contributed by atoms with E-state index in [0.717, 1.165) is 0 Å². The number of hydrogen-bond donors (Lipinski definition) is 4. The highest BCUT2D eigenvalue weighted by molar-refractivity contribution is 4.77. The number of ether oxygens (including phenoxy) is 1. The Labute approximate surface area is 70.2 Å². The highest BCUT2D eigenvalue weighted by Gasteiger charge is 2.31. The molecule has 0 bridgehead atoms. The van der Waals surface area contributed by atoms with Gasteiger partial charge >= 0.3 is 0 Å². The zero-order valence-corrected chi connectivity index (χ0v) is 6.63. The number of hydrogen-bond acceptors (Lipinski definition) is 5. The lowest BCUT2D eigenvalue weighted by atomic mass is 10.0. The van der Waals surface area contributed by atoms with Gasteiger partial charge in [0.25, 0.3) is 0 Å². The second-order valence-corrected chi connectivity index (χ2v) is 3.00. The van der Waals surface area contributed by atoms with Gasteiger partial charge in [0, 0.05) is 12.8 Å². The molecule has 0 unspecified atom stereocenters. The molecule has 72 valence electrons. The summed E-state index contributed by atoms with van der Waals surface area (Å²) in [7, 11) is 0. The monoisotopic (exact) mass is 178 g/mol. The summed E-state index contributed by atoms with van der Waals surface area (Å²) in [5.41, 5.74) is 0. The fourth-order valence-corrected chi connectivity index (χ4v) is 1.28. The van der Waals surface area contributed by atoms with Crippen LogP contribution in [0.15, 0.2) is 0 Å². The molecular weight excluding hydrogens is 164 g/mol. The molecule has 4 N–H and O–H groups in total. The fraction of sp³-hybridized carbons (Fsp3) is 1.00. The first-order valence-electron chi connectivity index (χ1n) is 3.94. The quantitative estimate of drug-likeness (QED) is 0.400. The van der Waals surface area contributed by atoms with Crippen LogP contribution in [-0.4, -0.2) is 51.6 Å². The third-order valence-electron chi connectivity index (χ3n) is 1.93. The van der Waals surface area contributed by atoms with E-state index < -0.39 is 31.2 Å². The minimum absolute atomic E-state index is 0.161. The van der Waals surface area contributed by atoms with Gasteiger partial charge in [0.2, 0.25) is 0 Å². The molecule has 0 aromatic rings. The van der Waals surface area contributed by atoms with E-state index in [4.69, 9.17) is 25.2 Å². The Morgan fingerprint density at radius 3 is 2.50 bits per heavy atom. The summed E-state index contributed by atoms with van der Waals surface area (Å²) >= 11 is 0. The molecule has 0 saturated carbocycles. The number of aliphatic hydroxyl groups excluding tert-OH is 4. The lowest BCUT2D eigenvalue weighted by Crippen LogP contribution is -2.43. The normalized spacial score (nSPS) is 39.5. The minimum Gasteiger partial charge on any atom is -0.394 e. The zero-order chi connectivity index (χ0) is 9.14. The summed E-state index contributed by atoms with van der Waals surface area (Å²) in [6.45, 7) is -0.426. The standard InChI is InChI=1S/C7H14O5/c8-3-5(10)6-1-4(9)2-7(11)12-6/h4-11H,1-3H2/t4-,5-,6+,7-/m1/s1. The van der Waals surface area contributed by atoms with Gasteiger partial charge < -0.3 is 25.2 Å². The second kappa shape index (κ2) is 4.15. The largest absolute Gasteiger partial charge is 0.394 e. The Hall–Kier alpha value is -0.200. The number of aliphatic hydroxyl groups is 4. The van der Waals surface area contributed by atoms with Crippen molar-refractivity contribution in [2.45, 2.75) is 37.4 Å². The first-order valence-corrected chi connectivity index (χ1v) is 3.94. The molecule has 0 aromatic heterocycles. The highest BCUT2D eigenvalue weighted by atomic mass is 16.6. The van der Waals surface area contributed by atoms with E-state index in [-0.39, 0.29) is 12.8 Å². The van der Waals surface area contributed by atoms with Crippen molar-refractivity contribution in [3.05, 3.63) is 0 Å². The zero-order valence-electron chi connectivity index (χ0n) is 6.63. The van der Waals surface area contributed by atoms with Crippen LogP contribution in [0.25, 0.3) is 0 Å². The van der Waals surface area contributed by atoms with Crippen LogP contribution in [0.1, 0.15) is 12.8 Å². The topological polar surface area (TPSA) is 90.2 Å². The Balaban J connectivity index is 2.43. The summed E-state index contributed by atoms with van der Waals surface area (Å²) in [5, 5.41) is 35.9. The molecule has 0 radical (unpaired) electrons. The van der Waals surface area contributed by atoms with Crippen LogP contribution in [-0.2, 0) is 4.74 Å². The van der Waals surface area contributed by atoms with Crippen LogP contribution in [0.5, 0.6) is 0 Å². The van der Waals surface area contributed by atoms with E-state index in [1.165, 1.54) is 0 Å². The van der Waals surface area contributed by atoms with Gasteiger partial charge in [0.1, 0.15) is 6.10 Å². The van der Waals surface area contributed by atoms with Gasteiger partial charge in [-0.3, -0.25) is 0 Å². The van der Waals surface area contributed by atoms with Crippen molar-refractivity contribution in [1.29, 1.82) is 0 Å². The Kier molecular flexibility index (Phi) is 3.42. The predicted molar refractivity (Wildman–Crippen MR) is 39.2 cm³/mol. The molecule has 0 aromatic carbocycles. The van der Waals surface area contributed by atoms with Crippen molar-refractivity contribution in [3.8, 4) is 0 Å². The maximum Gasteiger partial charge on any atom is 0.157 e. The molecule has 0 spiro atoms. The molecule has 0 amide bonds. The third-order valence-corrected chi connectivity index (χ3v) is 1.93. The molecule has 1 aliphatic rings. The Bertz CT molecular complexity index is 130. The Morgan fingerprint density at radius 2 is 2.00 bits per heavy atom. The molecule has 12 heavy (non-hydrogen) atoms. The first kappa shape index (κ1) is 9.88. The molecule has 1 fully saturated rings. The highest BCUT2D eigenvalue weighted by Crippen LogP contribution is 2.20. The predicted octanol–water partition coefficient (Wildman–Crippen LogP) is -1.80. The molecule has 5 heteroatoms. The van der Waals surface area contributed by atoms with E-state index in [1.54, 1.807) is 0 Å². The summed E-state index contributed by atoms with van der Waals surface area (Å²) in [6, 6.07) is 0. The lowest BCUT2D eigenvalue weighted by Gasteiger charge is -2.32. The van der Waals surface area contributed by atoms with Crippen molar-refractivity contribution in [1.82, 2.24) is 0 Å². The van der Waals surface area contributed by atoms with Gasteiger partial charge in [0.05, 0.1) is 18.8 Å². The van der Waals surface area contributed by atoms with Crippen LogP contribution in [0.4, 0.5) is 0 Å². The third kappa shape index (κ3) is 2.40. The lowest BCUT2D eigenvalue weighted by molar-refractivity contribution is -0.216. The molecule has 4 atom stereocenters. The summed E-state index contributed by atoms with van der Waals surface area (Å²) in [6.07, 6.45) is -3.00.